The summed E-state index contributed by atoms with van der Waals surface area (Å²) < 4.78 is 5.05. The van der Waals surface area contributed by atoms with Gasteiger partial charge in [-0.25, -0.2) is 4.79 Å². The molecule has 1 aromatic rings. The van der Waals surface area contributed by atoms with Crippen molar-refractivity contribution in [3.8, 4) is 5.75 Å². The molecule has 82 valence electrons. The topological polar surface area (TPSA) is 55.6 Å². The Balaban J connectivity index is 3.21. The van der Waals surface area contributed by atoms with Crippen molar-refractivity contribution in [2.75, 3.05) is 19.1 Å². The fourth-order valence-electron chi connectivity index (χ4n) is 1.28. The Bertz CT molecular complexity index is 393. The third kappa shape index (κ3) is 2.33. The number of aryl methyl sites for hydroxylation is 1. The highest BCUT2D eigenvalue weighted by Crippen LogP contribution is 2.32. The molecule has 0 unspecified atom stereocenters. The van der Waals surface area contributed by atoms with E-state index >= 15 is 0 Å². The van der Waals surface area contributed by atoms with E-state index in [0.29, 0.717) is 16.5 Å². The van der Waals surface area contributed by atoms with Crippen molar-refractivity contribution < 1.29 is 9.53 Å². The molecule has 0 heterocycles. The molecule has 0 atom stereocenters. The summed E-state index contributed by atoms with van der Waals surface area (Å²) in [7, 11) is 3.13. The summed E-state index contributed by atoms with van der Waals surface area (Å²) >= 11 is 5.95. The van der Waals surface area contributed by atoms with Gasteiger partial charge in [0.25, 0.3) is 0 Å². The first kappa shape index (κ1) is 11.7. The van der Waals surface area contributed by atoms with Crippen LogP contribution in [-0.4, -0.2) is 20.2 Å². The summed E-state index contributed by atoms with van der Waals surface area (Å²) in [5, 5.41) is 0.450. The Morgan fingerprint density at radius 3 is 2.60 bits per heavy atom. The monoisotopic (exact) mass is 228 g/mol. The van der Waals surface area contributed by atoms with E-state index in [9.17, 15) is 4.79 Å². The van der Waals surface area contributed by atoms with Crippen molar-refractivity contribution in [3.63, 3.8) is 0 Å². The maximum Gasteiger partial charge on any atom is 0.319 e. The van der Waals surface area contributed by atoms with E-state index in [-0.39, 0.29) is 0 Å². The van der Waals surface area contributed by atoms with Crippen molar-refractivity contribution in [2.24, 2.45) is 5.73 Å². The zero-order chi connectivity index (χ0) is 11.6. The molecule has 0 fully saturated rings. The number of anilines is 1. The highest BCUT2D eigenvalue weighted by atomic mass is 35.5. The lowest BCUT2D eigenvalue weighted by Gasteiger charge is -2.18. The summed E-state index contributed by atoms with van der Waals surface area (Å²) in [6, 6.07) is 2.89. The van der Waals surface area contributed by atoms with E-state index in [0.717, 1.165) is 5.56 Å². The smallest absolute Gasteiger partial charge is 0.319 e. The van der Waals surface area contributed by atoms with Crippen LogP contribution in [0.5, 0.6) is 5.75 Å². The first-order chi connectivity index (χ1) is 6.97. The van der Waals surface area contributed by atoms with Crippen LogP contribution in [0.25, 0.3) is 0 Å². The van der Waals surface area contributed by atoms with E-state index in [1.807, 2.05) is 6.92 Å². The fourth-order valence-corrected chi connectivity index (χ4v) is 1.52. The van der Waals surface area contributed by atoms with Crippen LogP contribution in [0.2, 0.25) is 5.02 Å². The number of primary amides is 1. The zero-order valence-corrected chi connectivity index (χ0v) is 9.63. The summed E-state index contributed by atoms with van der Waals surface area (Å²) in [6.45, 7) is 1.85. The molecular formula is C10H13ClN2O2. The van der Waals surface area contributed by atoms with Gasteiger partial charge in [0.1, 0.15) is 5.75 Å². The highest BCUT2D eigenvalue weighted by Gasteiger charge is 2.12. The number of urea groups is 1. The molecule has 0 saturated heterocycles. The van der Waals surface area contributed by atoms with Crippen LogP contribution in [-0.2, 0) is 0 Å². The predicted molar refractivity (Wildman–Crippen MR) is 60.7 cm³/mol. The number of rotatable bonds is 2. The molecule has 0 bridgehead atoms. The molecule has 1 rings (SSSR count). The molecule has 0 radical (unpaired) electrons. The molecule has 0 saturated carbocycles. The molecule has 5 heteroatoms. The van der Waals surface area contributed by atoms with Crippen LogP contribution in [0, 0.1) is 6.92 Å². The van der Waals surface area contributed by atoms with Crippen molar-refractivity contribution in [3.05, 3.63) is 22.7 Å². The van der Waals surface area contributed by atoms with E-state index < -0.39 is 6.03 Å². The largest absolute Gasteiger partial charge is 0.495 e. The second kappa shape index (κ2) is 4.40. The van der Waals surface area contributed by atoms with E-state index in [1.165, 1.54) is 12.0 Å². The number of carbonyl (C=O) groups excluding carboxylic acids is 1. The average molecular weight is 229 g/mol. The van der Waals surface area contributed by atoms with Gasteiger partial charge in [0.15, 0.2) is 0 Å². The number of benzene rings is 1. The van der Waals surface area contributed by atoms with Crippen molar-refractivity contribution >= 4 is 23.3 Å². The maximum atomic E-state index is 11.0. The molecule has 0 aliphatic carbocycles. The van der Waals surface area contributed by atoms with E-state index in [4.69, 9.17) is 22.1 Å². The lowest BCUT2D eigenvalue weighted by molar-refractivity contribution is 0.255. The number of nitrogens with two attached hydrogens (primary N) is 1. The fraction of sp³-hybridized carbons (Fsp3) is 0.300. The molecule has 0 aromatic heterocycles. The Labute approximate surface area is 93.6 Å². The maximum absolute atomic E-state index is 11.0. The molecule has 15 heavy (non-hydrogen) atoms. The van der Waals surface area contributed by atoms with Gasteiger partial charge >= 0.3 is 6.03 Å². The molecule has 0 spiro atoms. The second-order valence-electron chi connectivity index (χ2n) is 3.17. The Hall–Kier alpha value is -1.42. The van der Waals surface area contributed by atoms with Gasteiger partial charge in [-0.05, 0) is 24.6 Å². The van der Waals surface area contributed by atoms with Gasteiger partial charge in [0, 0.05) is 12.7 Å². The lowest BCUT2D eigenvalue weighted by atomic mass is 10.2. The Morgan fingerprint density at radius 1 is 1.53 bits per heavy atom. The predicted octanol–water partition coefficient (Wildman–Crippen LogP) is 2.17. The molecule has 2 N–H and O–H groups in total. The van der Waals surface area contributed by atoms with E-state index in [2.05, 4.69) is 0 Å². The quantitative estimate of drug-likeness (QED) is 0.844. The van der Waals surface area contributed by atoms with Crippen LogP contribution in [0.4, 0.5) is 10.5 Å². The molecule has 0 aliphatic rings. The van der Waals surface area contributed by atoms with Gasteiger partial charge < -0.3 is 10.5 Å². The second-order valence-corrected chi connectivity index (χ2v) is 3.58. The average Bonchev–Trinajstić information content (AvgIpc) is 2.19. The van der Waals surface area contributed by atoms with Crippen LogP contribution >= 0.6 is 11.6 Å². The number of hydrogen-bond donors (Lipinski definition) is 1. The minimum atomic E-state index is -0.528. The minimum Gasteiger partial charge on any atom is -0.495 e. The summed E-state index contributed by atoms with van der Waals surface area (Å²) in [6.07, 6.45) is 0. The number of halogens is 1. The lowest BCUT2D eigenvalue weighted by Crippen LogP contribution is -2.32. The number of ether oxygens (including phenoxy) is 1. The zero-order valence-electron chi connectivity index (χ0n) is 8.87. The third-order valence-electron chi connectivity index (χ3n) is 2.16. The van der Waals surface area contributed by atoms with Crippen molar-refractivity contribution in [1.29, 1.82) is 0 Å². The molecule has 0 aliphatic heterocycles. The van der Waals surface area contributed by atoms with Crippen LogP contribution in [0.1, 0.15) is 5.56 Å². The number of methoxy groups -OCH3 is 1. The first-order valence-corrected chi connectivity index (χ1v) is 4.72. The van der Waals surface area contributed by atoms with Gasteiger partial charge in [-0.3, -0.25) is 4.90 Å². The minimum absolute atomic E-state index is 0.450. The Kier molecular flexibility index (Phi) is 3.42. The van der Waals surface area contributed by atoms with Crippen molar-refractivity contribution in [1.82, 2.24) is 0 Å². The van der Waals surface area contributed by atoms with Gasteiger partial charge in [-0.15, -0.1) is 0 Å². The number of nitrogens with zero attached hydrogens (tertiary/aromatic N) is 1. The van der Waals surface area contributed by atoms with Gasteiger partial charge in [-0.2, -0.15) is 0 Å². The normalized spacial score (nSPS) is 9.87. The van der Waals surface area contributed by atoms with E-state index in [1.54, 1.807) is 19.2 Å². The molecule has 1 aromatic carbocycles. The summed E-state index contributed by atoms with van der Waals surface area (Å²) in [5.74, 6) is 0.579. The van der Waals surface area contributed by atoms with Crippen LogP contribution in [0.15, 0.2) is 12.1 Å². The molecule has 4 nitrogen and oxygen atoms in total. The van der Waals surface area contributed by atoms with Crippen molar-refractivity contribution in [2.45, 2.75) is 6.92 Å². The molecular weight excluding hydrogens is 216 g/mol. The Morgan fingerprint density at radius 2 is 2.13 bits per heavy atom. The summed E-state index contributed by atoms with van der Waals surface area (Å²) in [5.41, 5.74) is 6.72. The van der Waals surface area contributed by atoms with Gasteiger partial charge in [-0.1, -0.05) is 11.6 Å². The van der Waals surface area contributed by atoms with Crippen LogP contribution in [0.3, 0.4) is 0 Å². The summed E-state index contributed by atoms with van der Waals surface area (Å²) in [4.78, 5) is 12.3. The number of carbonyl (C=O) groups is 1. The standard InChI is InChI=1S/C10H13ClN2O2/c1-6-4-9(15-3)7(11)5-8(6)13(2)10(12)14/h4-5H,1-3H3,(H2,12,14). The van der Waals surface area contributed by atoms with Gasteiger partial charge in [0.2, 0.25) is 0 Å². The first-order valence-electron chi connectivity index (χ1n) is 4.34. The third-order valence-corrected chi connectivity index (χ3v) is 2.46. The highest BCUT2D eigenvalue weighted by molar-refractivity contribution is 6.32. The van der Waals surface area contributed by atoms with Crippen LogP contribution < -0.4 is 15.4 Å². The number of hydrogen-bond acceptors (Lipinski definition) is 2. The van der Waals surface area contributed by atoms with Gasteiger partial charge in [0.05, 0.1) is 12.1 Å². The number of amides is 2. The SMILES string of the molecule is COc1cc(C)c(N(C)C(N)=O)cc1Cl. The molecule has 2 amide bonds.